The van der Waals surface area contributed by atoms with Gasteiger partial charge in [-0.1, -0.05) is 0 Å². The Morgan fingerprint density at radius 1 is 1.75 bits per heavy atom. The fourth-order valence-electron chi connectivity index (χ4n) is 0.342. The summed E-state index contributed by atoms with van der Waals surface area (Å²) in [6.45, 7) is 0. The molecular weight excluding hydrogens is 144 g/mol. The van der Waals surface area contributed by atoms with Crippen molar-refractivity contribution in [3.05, 3.63) is 16.8 Å². The van der Waals surface area contributed by atoms with Crippen LogP contribution in [0.25, 0.3) is 0 Å². The molecule has 0 fully saturated rings. The lowest BCUT2D eigenvalue weighted by molar-refractivity contribution is 0.542. The van der Waals surface area contributed by atoms with Crippen LogP contribution in [0.3, 0.4) is 0 Å². The minimum Gasteiger partial charge on any atom is -0.400 e. The van der Waals surface area contributed by atoms with E-state index in [1.165, 1.54) is 11.3 Å². The van der Waals surface area contributed by atoms with Crippen molar-refractivity contribution in [1.82, 2.24) is 0 Å². The Balaban J connectivity index is 2.50. The van der Waals surface area contributed by atoms with Gasteiger partial charge in [-0.05, 0) is 11.4 Å². The van der Waals surface area contributed by atoms with E-state index in [1.807, 2.05) is 10.8 Å². The minimum absolute atomic E-state index is 0.366. The van der Waals surface area contributed by atoms with Gasteiger partial charge in [0.15, 0.2) is 5.75 Å². The van der Waals surface area contributed by atoms with Crippen LogP contribution in [0.1, 0.15) is 0 Å². The van der Waals surface area contributed by atoms with E-state index in [-0.39, 0.29) is 0 Å². The molecule has 2 nitrogen and oxygen atoms in total. The molecule has 1 heterocycles. The largest absolute Gasteiger partial charge is 0.400 e. The van der Waals surface area contributed by atoms with Crippen molar-refractivity contribution < 1.29 is 8.74 Å². The van der Waals surface area contributed by atoms with Gasteiger partial charge >= 0.3 is 0 Å². The Labute approximate surface area is 55.5 Å². The maximum atomic E-state index is 8.14. The van der Waals surface area contributed by atoms with Crippen LogP contribution in [-0.2, 0) is 0 Å². The van der Waals surface area contributed by atoms with Crippen molar-refractivity contribution >= 4 is 23.7 Å². The summed E-state index contributed by atoms with van der Waals surface area (Å²) < 4.78 is 12.8. The van der Waals surface area contributed by atoms with Crippen LogP contribution >= 0.6 is 23.7 Å². The molecule has 0 bridgehead atoms. The molecule has 0 amide bonds. The van der Waals surface area contributed by atoms with Gasteiger partial charge in [0.05, 0.1) is 0 Å². The van der Waals surface area contributed by atoms with Crippen LogP contribution in [0.2, 0.25) is 0 Å². The Bertz CT molecular complexity index is 138. The highest BCUT2D eigenvalue weighted by atomic mass is 32.2. The summed E-state index contributed by atoms with van der Waals surface area (Å²) in [5.74, 6) is 0.697. The normalized spacial score (nSPS) is 9.12. The third kappa shape index (κ3) is 1.40. The average Bonchev–Trinajstić information content (AvgIpc) is 2.19. The monoisotopic (exact) mass is 148 g/mol. The van der Waals surface area contributed by atoms with E-state index in [1.54, 1.807) is 6.07 Å². The van der Waals surface area contributed by atoms with E-state index in [0.717, 1.165) is 0 Å². The second-order valence-corrected chi connectivity index (χ2v) is 2.21. The zero-order chi connectivity index (χ0) is 5.82. The predicted octanol–water partition coefficient (Wildman–Crippen LogP) is 2.25. The van der Waals surface area contributed by atoms with Gasteiger partial charge in [0.25, 0.3) is 0 Å². The maximum absolute atomic E-state index is 8.14. The van der Waals surface area contributed by atoms with E-state index >= 15 is 0 Å². The Morgan fingerprint density at radius 3 is 3.12 bits per heavy atom. The van der Waals surface area contributed by atoms with Gasteiger partial charge in [0.1, 0.15) is 0 Å². The molecule has 0 aliphatic rings. The number of hydrogen-bond donors (Lipinski definition) is 1. The smallest absolute Gasteiger partial charge is 0.222 e. The van der Waals surface area contributed by atoms with E-state index < -0.39 is 0 Å². The molecule has 0 aliphatic heterocycles. The zero-order valence-corrected chi connectivity index (χ0v) is 5.54. The van der Waals surface area contributed by atoms with Crippen molar-refractivity contribution in [2.45, 2.75) is 0 Å². The fourth-order valence-corrected chi connectivity index (χ4v) is 1.15. The molecule has 0 saturated heterocycles. The quantitative estimate of drug-likeness (QED) is 0.652. The van der Waals surface area contributed by atoms with Gasteiger partial charge in [-0.2, -0.15) is 0 Å². The van der Waals surface area contributed by atoms with Crippen LogP contribution in [-0.4, -0.2) is 4.55 Å². The Morgan fingerprint density at radius 2 is 2.62 bits per heavy atom. The van der Waals surface area contributed by atoms with Gasteiger partial charge in [-0.25, -0.2) is 0 Å². The van der Waals surface area contributed by atoms with Gasteiger partial charge in [0, 0.05) is 5.38 Å². The number of thiophene rings is 1. The fraction of sp³-hybridized carbons (Fsp3) is 0. The molecule has 1 aromatic rings. The first-order valence-corrected chi connectivity index (χ1v) is 3.58. The first-order chi connectivity index (χ1) is 3.93. The van der Waals surface area contributed by atoms with Crippen LogP contribution in [0.15, 0.2) is 16.8 Å². The lowest BCUT2D eigenvalue weighted by Gasteiger charge is -1.89. The lowest BCUT2D eigenvalue weighted by atomic mass is 10.6. The SMILES string of the molecule is OSOc1ccsc1. The average molecular weight is 148 g/mol. The van der Waals surface area contributed by atoms with Crippen molar-refractivity contribution in [3.63, 3.8) is 0 Å². The summed E-state index contributed by atoms with van der Waals surface area (Å²) in [6.07, 6.45) is 0. The Hall–Kier alpha value is -0.190. The van der Waals surface area contributed by atoms with Crippen LogP contribution in [0.4, 0.5) is 0 Å². The van der Waals surface area contributed by atoms with Crippen molar-refractivity contribution in [3.8, 4) is 5.75 Å². The summed E-state index contributed by atoms with van der Waals surface area (Å²) >= 11 is 1.90. The van der Waals surface area contributed by atoms with E-state index in [9.17, 15) is 0 Å². The highest BCUT2D eigenvalue weighted by Gasteiger charge is 1.89. The van der Waals surface area contributed by atoms with E-state index in [2.05, 4.69) is 4.18 Å². The molecular formula is C4H4O2S2. The summed E-state index contributed by atoms with van der Waals surface area (Å²) in [7, 11) is 0. The summed E-state index contributed by atoms with van der Waals surface area (Å²) in [5, 5.41) is 3.69. The second kappa shape index (κ2) is 2.96. The molecule has 0 aromatic carbocycles. The molecule has 44 valence electrons. The number of rotatable bonds is 2. The second-order valence-electron chi connectivity index (χ2n) is 1.12. The molecule has 0 saturated carbocycles. The standard InChI is InChI=1S/C4H4O2S2/c5-8-6-4-1-2-7-3-4/h1-3,5H. The maximum Gasteiger partial charge on any atom is 0.222 e. The Kier molecular flexibility index (Phi) is 2.20. The summed E-state index contributed by atoms with van der Waals surface area (Å²) in [4.78, 5) is 0. The highest BCUT2D eigenvalue weighted by molar-refractivity contribution is 7.89. The zero-order valence-electron chi connectivity index (χ0n) is 3.90. The molecule has 4 heteroatoms. The number of hydrogen-bond acceptors (Lipinski definition) is 4. The van der Waals surface area contributed by atoms with Crippen LogP contribution in [0.5, 0.6) is 5.75 Å². The lowest BCUT2D eigenvalue weighted by Crippen LogP contribution is -1.71. The molecule has 0 spiro atoms. The van der Waals surface area contributed by atoms with Gasteiger partial charge in [-0.15, -0.1) is 11.3 Å². The van der Waals surface area contributed by atoms with Crippen molar-refractivity contribution in [2.24, 2.45) is 0 Å². The van der Waals surface area contributed by atoms with E-state index in [0.29, 0.717) is 18.1 Å². The third-order valence-corrected chi connectivity index (χ3v) is 1.56. The van der Waals surface area contributed by atoms with E-state index in [4.69, 9.17) is 4.55 Å². The molecule has 0 aliphatic carbocycles. The first kappa shape index (κ1) is 5.94. The first-order valence-electron chi connectivity index (χ1n) is 1.94. The topological polar surface area (TPSA) is 29.5 Å². The highest BCUT2D eigenvalue weighted by Crippen LogP contribution is 2.17. The molecule has 1 aromatic heterocycles. The summed E-state index contributed by atoms with van der Waals surface area (Å²) in [6, 6.07) is 1.79. The molecule has 0 atom stereocenters. The van der Waals surface area contributed by atoms with Crippen molar-refractivity contribution in [1.29, 1.82) is 0 Å². The third-order valence-electron chi connectivity index (χ3n) is 0.629. The van der Waals surface area contributed by atoms with Crippen LogP contribution in [0, 0.1) is 0 Å². The molecule has 0 unspecified atom stereocenters. The minimum atomic E-state index is 0.366. The molecule has 1 N–H and O–H groups in total. The predicted molar refractivity (Wildman–Crippen MR) is 35.2 cm³/mol. The summed E-state index contributed by atoms with van der Waals surface area (Å²) in [5.41, 5.74) is 0. The van der Waals surface area contributed by atoms with Crippen LogP contribution < -0.4 is 4.18 Å². The molecule has 8 heavy (non-hydrogen) atoms. The molecule has 1 rings (SSSR count). The van der Waals surface area contributed by atoms with Gasteiger partial charge in [-0.3, -0.25) is 4.55 Å². The van der Waals surface area contributed by atoms with Crippen molar-refractivity contribution in [2.75, 3.05) is 0 Å². The van der Waals surface area contributed by atoms with Gasteiger partial charge in [0.2, 0.25) is 12.3 Å². The molecule has 0 radical (unpaired) electrons. The van der Waals surface area contributed by atoms with Gasteiger partial charge < -0.3 is 4.18 Å².